The molecule has 0 fully saturated rings. The third kappa shape index (κ3) is 7.45. The first-order valence-electron chi connectivity index (χ1n) is 4.85. The highest BCUT2D eigenvalue weighted by atomic mass is 15.2. The molecule has 2 heteroatoms. The normalized spacial score (nSPS) is 14.2. The van der Waals surface area contributed by atoms with Gasteiger partial charge in [-0.05, 0) is 26.7 Å². The highest BCUT2D eigenvalue weighted by Crippen LogP contribution is 2.02. The highest BCUT2D eigenvalue weighted by Gasteiger charge is 1.99. The second-order valence-electron chi connectivity index (χ2n) is 2.17. The Morgan fingerprint density at radius 2 is 1.00 bits per heavy atom. The van der Waals surface area contributed by atoms with Gasteiger partial charge < -0.3 is 0 Å². The fraction of sp³-hybridized carbons (Fsp3) is 0.800. The standard InChI is InChI=1S/C6H10N2.2C2H6/c1-5-3-4-6(2)8-7-5;2*1-2/h3-4H2,1-2H3;2*1-2H3. The molecule has 0 bridgehead atoms. The zero-order valence-electron chi connectivity index (χ0n) is 9.31. The summed E-state index contributed by atoms with van der Waals surface area (Å²) in [4.78, 5) is 0. The van der Waals surface area contributed by atoms with Crippen molar-refractivity contribution in [2.24, 2.45) is 10.2 Å². The van der Waals surface area contributed by atoms with E-state index in [-0.39, 0.29) is 0 Å². The van der Waals surface area contributed by atoms with Crippen LogP contribution in [0, 0.1) is 0 Å². The zero-order valence-corrected chi connectivity index (χ0v) is 9.31. The summed E-state index contributed by atoms with van der Waals surface area (Å²) < 4.78 is 0. The van der Waals surface area contributed by atoms with E-state index in [9.17, 15) is 0 Å². The molecule has 72 valence electrons. The molecular formula is C10H22N2. The van der Waals surface area contributed by atoms with Crippen molar-refractivity contribution in [2.75, 3.05) is 0 Å². The van der Waals surface area contributed by atoms with Gasteiger partial charge >= 0.3 is 0 Å². The molecule has 1 aliphatic rings. The molecule has 1 heterocycles. The minimum absolute atomic E-state index is 1.09. The van der Waals surface area contributed by atoms with Crippen LogP contribution in [0.4, 0.5) is 0 Å². The maximum absolute atomic E-state index is 3.92. The van der Waals surface area contributed by atoms with Gasteiger partial charge in [0.05, 0.1) is 0 Å². The lowest BCUT2D eigenvalue weighted by Crippen LogP contribution is -2.02. The predicted octanol–water partition coefficient (Wildman–Crippen LogP) is 3.67. The van der Waals surface area contributed by atoms with Crippen molar-refractivity contribution >= 4 is 11.4 Å². The Morgan fingerprint density at radius 3 is 1.17 bits per heavy atom. The molecule has 0 N–H and O–H groups in total. The van der Waals surface area contributed by atoms with Gasteiger partial charge in [-0.3, -0.25) is 0 Å². The summed E-state index contributed by atoms with van der Waals surface area (Å²) in [7, 11) is 0. The summed E-state index contributed by atoms with van der Waals surface area (Å²) in [5.74, 6) is 0. The molecule has 0 aliphatic carbocycles. The smallest absolute Gasteiger partial charge is 0.0378 e. The van der Waals surface area contributed by atoms with Crippen molar-refractivity contribution in [3.8, 4) is 0 Å². The molecule has 0 saturated heterocycles. The lowest BCUT2D eigenvalue weighted by atomic mass is 10.1. The van der Waals surface area contributed by atoms with E-state index in [1.165, 1.54) is 0 Å². The molecule has 0 aromatic carbocycles. The van der Waals surface area contributed by atoms with Crippen molar-refractivity contribution in [1.82, 2.24) is 0 Å². The van der Waals surface area contributed by atoms with Crippen molar-refractivity contribution in [1.29, 1.82) is 0 Å². The third-order valence-corrected chi connectivity index (χ3v) is 1.24. The lowest BCUT2D eigenvalue weighted by Gasteiger charge is -2.02. The van der Waals surface area contributed by atoms with Gasteiger partial charge in [0.2, 0.25) is 0 Å². The molecule has 2 nitrogen and oxygen atoms in total. The van der Waals surface area contributed by atoms with Crippen LogP contribution >= 0.6 is 0 Å². The molecule has 12 heavy (non-hydrogen) atoms. The van der Waals surface area contributed by atoms with Crippen LogP contribution < -0.4 is 0 Å². The SMILES string of the molecule is CC.CC.CC1=NN=C(C)CC1. The van der Waals surface area contributed by atoms with Crippen LogP contribution in [-0.2, 0) is 0 Å². The van der Waals surface area contributed by atoms with Crippen LogP contribution in [0.5, 0.6) is 0 Å². The Bertz CT molecular complexity index is 128. The summed E-state index contributed by atoms with van der Waals surface area (Å²) >= 11 is 0. The quantitative estimate of drug-likeness (QED) is 0.530. The Kier molecular flexibility index (Phi) is 12.0. The van der Waals surface area contributed by atoms with E-state index in [4.69, 9.17) is 0 Å². The van der Waals surface area contributed by atoms with Crippen molar-refractivity contribution in [3.63, 3.8) is 0 Å². The van der Waals surface area contributed by atoms with Gasteiger partial charge in [0.1, 0.15) is 0 Å². The second kappa shape index (κ2) is 10.3. The summed E-state index contributed by atoms with van der Waals surface area (Å²) in [6, 6.07) is 0. The summed E-state index contributed by atoms with van der Waals surface area (Å²) in [5, 5.41) is 7.83. The van der Waals surface area contributed by atoms with E-state index in [1.807, 2.05) is 41.5 Å². The maximum Gasteiger partial charge on any atom is 0.0378 e. The first kappa shape index (κ1) is 13.9. The van der Waals surface area contributed by atoms with Gasteiger partial charge in [-0.2, -0.15) is 10.2 Å². The molecule has 0 aromatic heterocycles. The first-order valence-corrected chi connectivity index (χ1v) is 4.85. The average molecular weight is 170 g/mol. The van der Waals surface area contributed by atoms with Crippen LogP contribution in [0.25, 0.3) is 0 Å². The van der Waals surface area contributed by atoms with Crippen LogP contribution in [0.3, 0.4) is 0 Å². The monoisotopic (exact) mass is 170 g/mol. The van der Waals surface area contributed by atoms with Crippen molar-refractivity contribution in [3.05, 3.63) is 0 Å². The topological polar surface area (TPSA) is 24.7 Å². The lowest BCUT2D eigenvalue weighted by molar-refractivity contribution is 1.02. The van der Waals surface area contributed by atoms with E-state index in [0.717, 1.165) is 24.3 Å². The molecule has 0 radical (unpaired) electrons. The van der Waals surface area contributed by atoms with Crippen LogP contribution in [0.1, 0.15) is 54.4 Å². The highest BCUT2D eigenvalue weighted by molar-refractivity contribution is 5.92. The Balaban J connectivity index is 0. The maximum atomic E-state index is 3.92. The molecular weight excluding hydrogens is 148 g/mol. The molecule has 1 rings (SSSR count). The van der Waals surface area contributed by atoms with Gasteiger partial charge in [-0.15, -0.1) is 0 Å². The minimum Gasteiger partial charge on any atom is -0.160 e. The number of rotatable bonds is 0. The summed E-state index contributed by atoms with van der Waals surface area (Å²) in [5.41, 5.74) is 2.30. The third-order valence-electron chi connectivity index (χ3n) is 1.24. The van der Waals surface area contributed by atoms with E-state index in [2.05, 4.69) is 10.2 Å². The van der Waals surface area contributed by atoms with E-state index < -0.39 is 0 Å². The fourth-order valence-electron chi connectivity index (χ4n) is 0.633. The number of hydrogen-bond acceptors (Lipinski definition) is 2. The molecule has 0 spiro atoms. The van der Waals surface area contributed by atoms with E-state index in [0.29, 0.717) is 0 Å². The van der Waals surface area contributed by atoms with Gasteiger partial charge in [-0.1, -0.05) is 27.7 Å². The Morgan fingerprint density at radius 1 is 0.750 bits per heavy atom. The first-order chi connectivity index (χ1) is 5.79. The van der Waals surface area contributed by atoms with Crippen LogP contribution in [0.2, 0.25) is 0 Å². The average Bonchev–Trinajstić information content (AvgIpc) is 2.17. The number of hydrogen-bond donors (Lipinski definition) is 0. The molecule has 0 unspecified atom stereocenters. The number of nitrogens with zero attached hydrogens (tertiary/aromatic N) is 2. The molecule has 0 saturated carbocycles. The zero-order chi connectivity index (χ0) is 9.98. The van der Waals surface area contributed by atoms with Crippen LogP contribution in [-0.4, -0.2) is 11.4 Å². The van der Waals surface area contributed by atoms with Crippen molar-refractivity contribution in [2.45, 2.75) is 54.4 Å². The Hall–Kier alpha value is -0.660. The fourth-order valence-corrected chi connectivity index (χ4v) is 0.633. The predicted molar refractivity (Wildman–Crippen MR) is 58.1 cm³/mol. The summed E-state index contributed by atoms with van der Waals surface area (Å²) in [6.07, 6.45) is 2.19. The molecule has 0 amide bonds. The van der Waals surface area contributed by atoms with Gasteiger partial charge in [-0.25, -0.2) is 0 Å². The van der Waals surface area contributed by atoms with Gasteiger partial charge in [0, 0.05) is 11.4 Å². The summed E-state index contributed by atoms with van der Waals surface area (Å²) in [6.45, 7) is 12.0. The minimum atomic E-state index is 1.09. The molecule has 0 aromatic rings. The molecule has 0 atom stereocenters. The largest absolute Gasteiger partial charge is 0.160 e. The van der Waals surface area contributed by atoms with E-state index >= 15 is 0 Å². The second-order valence-corrected chi connectivity index (χ2v) is 2.17. The molecule has 1 aliphatic heterocycles. The van der Waals surface area contributed by atoms with Gasteiger partial charge in [0.25, 0.3) is 0 Å². The van der Waals surface area contributed by atoms with E-state index in [1.54, 1.807) is 0 Å². The van der Waals surface area contributed by atoms with Crippen molar-refractivity contribution < 1.29 is 0 Å². The van der Waals surface area contributed by atoms with Gasteiger partial charge in [0.15, 0.2) is 0 Å². The Labute approximate surface area is 76.8 Å². The van der Waals surface area contributed by atoms with Crippen LogP contribution in [0.15, 0.2) is 10.2 Å².